The number of sulfone groups is 1. The monoisotopic (exact) mass is 437 g/mol. The van der Waals surface area contributed by atoms with Crippen molar-refractivity contribution < 1.29 is 17.9 Å². The average Bonchev–Trinajstić information content (AvgIpc) is 2.82. The molecular formula is C25H27NO4S. The molecule has 0 saturated carbocycles. The van der Waals surface area contributed by atoms with Gasteiger partial charge in [-0.2, -0.15) is 0 Å². The van der Waals surface area contributed by atoms with E-state index in [4.69, 9.17) is 4.74 Å². The first-order valence-electron chi connectivity index (χ1n) is 10.6. The third-order valence-corrected chi connectivity index (χ3v) is 8.39. The smallest absolute Gasteiger partial charge is 0.222 e. The molecule has 0 radical (unpaired) electrons. The molecule has 0 unspecified atom stereocenters. The number of amides is 1. The number of piperidine rings is 1. The molecule has 1 fully saturated rings. The summed E-state index contributed by atoms with van der Waals surface area (Å²) < 4.78 is 31.0. The highest BCUT2D eigenvalue weighted by molar-refractivity contribution is 7.92. The Morgan fingerprint density at radius 1 is 0.968 bits per heavy atom. The van der Waals surface area contributed by atoms with Crippen molar-refractivity contribution in [2.24, 2.45) is 0 Å². The lowest BCUT2D eigenvalue weighted by Gasteiger charge is -2.32. The topological polar surface area (TPSA) is 63.7 Å². The van der Waals surface area contributed by atoms with Gasteiger partial charge in [-0.05, 0) is 59.9 Å². The maximum atomic E-state index is 13.0. The summed E-state index contributed by atoms with van der Waals surface area (Å²) in [5, 5.41) is 1.90. The van der Waals surface area contributed by atoms with Gasteiger partial charge in [-0.25, -0.2) is 8.42 Å². The van der Waals surface area contributed by atoms with Crippen molar-refractivity contribution in [1.29, 1.82) is 0 Å². The normalized spacial score (nSPS) is 15.2. The number of carbonyl (C=O) groups is 1. The van der Waals surface area contributed by atoms with Gasteiger partial charge in [0, 0.05) is 19.5 Å². The van der Waals surface area contributed by atoms with Gasteiger partial charge >= 0.3 is 0 Å². The largest absolute Gasteiger partial charge is 0.497 e. The van der Waals surface area contributed by atoms with Crippen molar-refractivity contribution in [2.45, 2.75) is 35.8 Å². The predicted molar refractivity (Wildman–Crippen MR) is 122 cm³/mol. The van der Waals surface area contributed by atoms with Gasteiger partial charge in [0.25, 0.3) is 0 Å². The number of carbonyl (C=O) groups excluding carboxylic acids is 1. The fourth-order valence-corrected chi connectivity index (χ4v) is 6.02. The highest BCUT2D eigenvalue weighted by Crippen LogP contribution is 2.27. The standard InChI is InChI=1S/C25H27NO4S/c1-30-21-10-12-22(13-11-21)31(28,29)23-15-17-26(18-16-23)25(27)14-9-20-7-4-6-19-5-2-3-8-24(19)20/h2-8,10-13,23H,9,14-18H2,1H3. The van der Waals surface area contributed by atoms with E-state index in [1.165, 1.54) is 16.3 Å². The molecule has 162 valence electrons. The van der Waals surface area contributed by atoms with E-state index in [2.05, 4.69) is 24.3 Å². The molecule has 31 heavy (non-hydrogen) atoms. The van der Waals surface area contributed by atoms with Crippen molar-refractivity contribution in [2.75, 3.05) is 20.2 Å². The molecule has 1 saturated heterocycles. The van der Waals surface area contributed by atoms with Crippen LogP contribution < -0.4 is 4.74 Å². The van der Waals surface area contributed by atoms with E-state index in [0.29, 0.717) is 49.4 Å². The Morgan fingerprint density at radius 2 is 1.65 bits per heavy atom. The van der Waals surface area contributed by atoms with Crippen molar-refractivity contribution >= 4 is 26.5 Å². The van der Waals surface area contributed by atoms with E-state index in [0.717, 1.165) is 0 Å². The highest BCUT2D eigenvalue weighted by atomic mass is 32.2. The van der Waals surface area contributed by atoms with E-state index >= 15 is 0 Å². The Kier molecular flexibility index (Phi) is 6.28. The Balaban J connectivity index is 1.35. The minimum atomic E-state index is -3.41. The van der Waals surface area contributed by atoms with E-state index in [1.807, 2.05) is 23.1 Å². The molecule has 3 aromatic carbocycles. The van der Waals surface area contributed by atoms with E-state index < -0.39 is 15.1 Å². The third-order valence-electron chi connectivity index (χ3n) is 6.11. The maximum Gasteiger partial charge on any atom is 0.222 e. The first-order chi connectivity index (χ1) is 15.0. The average molecular weight is 438 g/mol. The summed E-state index contributed by atoms with van der Waals surface area (Å²) >= 11 is 0. The molecular weight excluding hydrogens is 410 g/mol. The highest BCUT2D eigenvalue weighted by Gasteiger charge is 2.32. The Morgan fingerprint density at radius 3 is 2.35 bits per heavy atom. The maximum absolute atomic E-state index is 13.0. The lowest BCUT2D eigenvalue weighted by Crippen LogP contribution is -2.42. The van der Waals surface area contributed by atoms with Crippen LogP contribution in [0.5, 0.6) is 5.75 Å². The Hall–Kier alpha value is -2.86. The number of hydrogen-bond acceptors (Lipinski definition) is 4. The summed E-state index contributed by atoms with van der Waals surface area (Å²) in [6, 6.07) is 20.9. The van der Waals surface area contributed by atoms with Crippen LogP contribution >= 0.6 is 0 Å². The van der Waals surface area contributed by atoms with Crippen LogP contribution in [-0.4, -0.2) is 44.7 Å². The number of methoxy groups -OCH3 is 1. The van der Waals surface area contributed by atoms with Crippen LogP contribution in [0, 0.1) is 0 Å². The molecule has 0 bridgehead atoms. The van der Waals surface area contributed by atoms with Crippen LogP contribution in [0.15, 0.2) is 71.6 Å². The first-order valence-corrected chi connectivity index (χ1v) is 12.2. The zero-order valence-electron chi connectivity index (χ0n) is 17.7. The second-order valence-corrected chi connectivity index (χ2v) is 10.2. The van der Waals surface area contributed by atoms with Crippen LogP contribution in [0.4, 0.5) is 0 Å². The number of nitrogens with zero attached hydrogens (tertiary/aromatic N) is 1. The van der Waals surface area contributed by atoms with E-state index in [9.17, 15) is 13.2 Å². The molecule has 3 aromatic rings. The van der Waals surface area contributed by atoms with Gasteiger partial charge < -0.3 is 9.64 Å². The molecule has 1 amide bonds. The second kappa shape index (κ2) is 9.10. The lowest BCUT2D eigenvalue weighted by molar-refractivity contribution is -0.132. The van der Waals surface area contributed by atoms with Crippen LogP contribution in [-0.2, 0) is 21.1 Å². The third kappa shape index (κ3) is 4.59. The van der Waals surface area contributed by atoms with Gasteiger partial charge in [0.15, 0.2) is 9.84 Å². The molecule has 6 heteroatoms. The fraction of sp³-hybridized carbons (Fsp3) is 0.320. The summed E-state index contributed by atoms with van der Waals surface area (Å²) in [5.74, 6) is 0.721. The zero-order chi connectivity index (χ0) is 21.8. The zero-order valence-corrected chi connectivity index (χ0v) is 18.5. The quantitative estimate of drug-likeness (QED) is 0.578. The van der Waals surface area contributed by atoms with Crippen molar-refractivity contribution in [3.63, 3.8) is 0 Å². The Labute approximate surface area is 183 Å². The number of rotatable bonds is 6. The van der Waals surface area contributed by atoms with Gasteiger partial charge in [0.1, 0.15) is 5.75 Å². The van der Waals surface area contributed by atoms with Crippen LogP contribution in [0.25, 0.3) is 10.8 Å². The summed E-state index contributed by atoms with van der Waals surface area (Å²) in [4.78, 5) is 14.9. The van der Waals surface area contributed by atoms with Crippen LogP contribution in [0.3, 0.4) is 0 Å². The van der Waals surface area contributed by atoms with Crippen molar-refractivity contribution in [3.05, 3.63) is 72.3 Å². The van der Waals surface area contributed by atoms with Gasteiger partial charge in [0.05, 0.1) is 17.3 Å². The molecule has 4 rings (SSSR count). The molecule has 1 aliphatic heterocycles. The minimum Gasteiger partial charge on any atom is -0.497 e. The Bertz CT molecular complexity index is 1160. The van der Waals surface area contributed by atoms with E-state index in [-0.39, 0.29) is 5.91 Å². The van der Waals surface area contributed by atoms with Gasteiger partial charge in [0.2, 0.25) is 5.91 Å². The summed E-state index contributed by atoms with van der Waals surface area (Å²) in [6.07, 6.45) is 2.05. The van der Waals surface area contributed by atoms with Crippen LogP contribution in [0.2, 0.25) is 0 Å². The number of hydrogen-bond donors (Lipinski definition) is 0. The van der Waals surface area contributed by atoms with Crippen molar-refractivity contribution in [3.8, 4) is 5.75 Å². The first kappa shape index (κ1) is 21.4. The molecule has 0 N–H and O–H groups in total. The number of fused-ring (bicyclic) bond motifs is 1. The minimum absolute atomic E-state index is 0.0910. The summed E-state index contributed by atoms with van der Waals surface area (Å²) in [5.41, 5.74) is 1.17. The molecule has 1 aliphatic rings. The summed E-state index contributed by atoms with van der Waals surface area (Å²) in [7, 11) is -1.86. The SMILES string of the molecule is COc1ccc(S(=O)(=O)C2CCN(C(=O)CCc3cccc4ccccc34)CC2)cc1. The van der Waals surface area contributed by atoms with Crippen LogP contribution in [0.1, 0.15) is 24.8 Å². The molecule has 5 nitrogen and oxygen atoms in total. The number of likely N-dealkylation sites (tertiary alicyclic amines) is 1. The van der Waals surface area contributed by atoms with E-state index in [1.54, 1.807) is 31.4 Å². The lowest BCUT2D eigenvalue weighted by atomic mass is 10.0. The second-order valence-electron chi connectivity index (χ2n) is 7.94. The number of benzene rings is 3. The molecule has 0 aliphatic carbocycles. The predicted octanol–water partition coefficient (Wildman–Crippen LogP) is 4.25. The fourth-order valence-electron chi connectivity index (χ4n) is 4.28. The number of ether oxygens (including phenoxy) is 1. The molecule has 0 spiro atoms. The van der Waals surface area contributed by atoms with Gasteiger partial charge in [-0.1, -0.05) is 42.5 Å². The molecule has 1 heterocycles. The number of aryl methyl sites for hydroxylation is 1. The van der Waals surface area contributed by atoms with Gasteiger partial charge in [-0.3, -0.25) is 4.79 Å². The molecule has 0 aromatic heterocycles. The summed E-state index contributed by atoms with van der Waals surface area (Å²) in [6.45, 7) is 0.961. The molecule has 0 atom stereocenters. The van der Waals surface area contributed by atoms with Gasteiger partial charge in [-0.15, -0.1) is 0 Å². The van der Waals surface area contributed by atoms with Crippen molar-refractivity contribution in [1.82, 2.24) is 4.90 Å².